The third kappa shape index (κ3) is 4.22. The molecule has 0 aromatic carbocycles. The monoisotopic (exact) mass is 278 g/mol. The Morgan fingerprint density at radius 2 is 1.94 bits per heavy atom. The highest BCUT2D eigenvalue weighted by Gasteiger charge is 2.34. The van der Waals surface area contributed by atoms with Crippen molar-refractivity contribution in [2.24, 2.45) is 0 Å². The second kappa shape index (κ2) is 5.99. The molecule has 0 unspecified atom stereocenters. The van der Waals surface area contributed by atoms with E-state index in [0.717, 1.165) is 30.0 Å². The van der Waals surface area contributed by atoms with E-state index in [1.165, 1.54) is 14.2 Å². The quantitative estimate of drug-likeness (QED) is 0.724. The number of hydrogen-bond donors (Lipinski definition) is 1. The maximum absolute atomic E-state index is 12.1. The van der Waals surface area contributed by atoms with Crippen LogP contribution < -0.4 is 4.72 Å². The van der Waals surface area contributed by atoms with Crippen molar-refractivity contribution < 1.29 is 17.9 Å². The van der Waals surface area contributed by atoms with E-state index in [1.807, 2.05) is 6.92 Å². The molecule has 0 aliphatic heterocycles. The maximum atomic E-state index is 12.1. The van der Waals surface area contributed by atoms with Crippen molar-refractivity contribution in [1.29, 1.82) is 0 Å². The molecule has 1 rings (SSSR count). The standard InChI is InChI=1S/C11H22N2O4S/c1-11(7-4-5-8-11)12-18(15,16)13(2)9-6-10(14)17-3/h12H,4-9H2,1-3H3. The van der Waals surface area contributed by atoms with Gasteiger partial charge in [-0.25, -0.2) is 0 Å². The molecule has 1 fully saturated rings. The van der Waals surface area contributed by atoms with E-state index < -0.39 is 16.2 Å². The minimum atomic E-state index is -3.53. The van der Waals surface area contributed by atoms with Crippen LogP contribution in [0.3, 0.4) is 0 Å². The summed E-state index contributed by atoms with van der Waals surface area (Å²) in [4.78, 5) is 11.0. The lowest BCUT2D eigenvalue weighted by molar-refractivity contribution is -0.140. The Morgan fingerprint density at radius 1 is 1.39 bits per heavy atom. The summed E-state index contributed by atoms with van der Waals surface area (Å²) in [6.07, 6.45) is 3.87. The van der Waals surface area contributed by atoms with Gasteiger partial charge >= 0.3 is 5.97 Å². The first-order valence-corrected chi connectivity index (χ1v) is 7.55. The van der Waals surface area contributed by atoms with Crippen molar-refractivity contribution in [2.75, 3.05) is 20.7 Å². The first kappa shape index (κ1) is 15.4. The van der Waals surface area contributed by atoms with Gasteiger partial charge in [-0.1, -0.05) is 12.8 Å². The molecule has 106 valence electrons. The summed E-state index contributed by atoms with van der Waals surface area (Å²) in [5.41, 5.74) is -0.349. The molecule has 0 atom stereocenters. The number of carbonyl (C=O) groups excluding carboxylic acids is 1. The average molecular weight is 278 g/mol. The SMILES string of the molecule is COC(=O)CCN(C)S(=O)(=O)NC1(C)CCCC1. The Bertz CT molecular complexity index is 388. The molecule has 0 amide bonds. The Hall–Kier alpha value is -0.660. The molecule has 18 heavy (non-hydrogen) atoms. The lowest BCUT2D eigenvalue weighted by Gasteiger charge is -2.28. The fourth-order valence-electron chi connectivity index (χ4n) is 2.12. The van der Waals surface area contributed by atoms with Gasteiger partial charge in [0.2, 0.25) is 0 Å². The number of ether oxygens (including phenoxy) is 1. The topological polar surface area (TPSA) is 75.7 Å². The number of nitrogens with one attached hydrogen (secondary N) is 1. The fraction of sp³-hybridized carbons (Fsp3) is 0.909. The summed E-state index contributed by atoms with van der Waals surface area (Å²) in [7, 11) is -0.782. The highest BCUT2D eigenvalue weighted by molar-refractivity contribution is 7.87. The van der Waals surface area contributed by atoms with Crippen LogP contribution in [0.15, 0.2) is 0 Å². The van der Waals surface area contributed by atoms with Crippen LogP contribution in [0.5, 0.6) is 0 Å². The Morgan fingerprint density at radius 3 is 2.44 bits per heavy atom. The van der Waals surface area contributed by atoms with Crippen molar-refractivity contribution in [1.82, 2.24) is 9.03 Å². The number of rotatable bonds is 6. The van der Waals surface area contributed by atoms with Crippen molar-refractivity contribution in [3.05, 3.63) is 0 Å². The van der Waals surface area contributed by atoms with Gasteiger partial charge in [0.15, 0.2) is 0 Å². The van der Waals surface area contributed by atoms with Gasteiger partial charge in [0.25, 0.3) is 10.2 Å². The van der Waals surface area contributed by atoms with Gasteiger partial charge in [-0.05, 0) is 19.8 Å². The molecule has 0 radical (unpaired) electrons. The van der Waals surface area contributed by atoms with Crippen LogP contribution >= 0.6 is 0 Å². The second-order valence-electron chi connectivity index (χ2n) is 5.02. The number of methoxy groups -OCH3 is 1. The van der Waals surface area contributed by atoms with Crippen LogP contribution in [-0.2, 0) is 19.7 Å². The van der Waals surface area contributed by atoms with Gasteiger partial charge in [0.05, 0.1) is 13.5 Å². The van der Waals surface area contributed by atoms with Crippen LogP contribution in [0.4, 0.5) is 0 Å². The van der Waals surface area contributed by atoms with Crippen LogP contribution in [0.1, 0.15) is 39.0 Å². The molecule has 1 saturated carbocycles. The number of hydrogen-bond acceptors (Lipinski definition) is 4. The fourth-order valence-corrected chi connectivity index (χ4v) is 3.43. The summed E-state index contributed by atoms with van der Waals surface area (Å²) in [5, 5.41) is 0. The van der Waals surface area contributed by atoms with Crippen LogP contribution in [-0.4, -0.2) is 44.9 Å². The minimum absolute atomic E-state index is 0.0601. The molecule has 0 aromatic rings. The molecule has 6 nitrogen and oxygen atoms in total. The smallest absolute Gasteiger partial charge is 0.306 e. The first-order chi connectivity index (χ1) is 8.29. The van der Waals surface area contributed by atoms with Gasteiger partial charge < -0.3 is 4.74 Å². The summed E-state index contributed by atoms with van der Waals surface area (Å²) >= 11 is 0. The molecule has 0 saturated heterocycles. The summed E-state index contributed by atoms with van der Waals surface area (Å²) in [5.74, 6) is -0.413. The first-order valence-electron chi connectivity index (χ1n) is 6.11. The second-order valence-corrected chi connectivity index (χ2v) is 6.80. The molecule has 0 heterocycles. The van der Waals surface area contributed by atoms with Crippen molar-refractivity contribution >= 4 is 16.2 Å². The van der Waals surface area contributed by atoms with Gasteiger partial charge in [-0.3, -0.25) is 4.79 Å². The van der Waals surface area contributed by atoms with E-state index in [0.29, 0.717) is 0 Å². The van der Waals surface area contributed by atoms with Crippen LogP contribution in [0.2, 0.25) is 0 Å². The molecule has 0 aromatic heterocycles. The summed E-state index contributed by atoms with van der Waals surface area (Å²) < 4.78 is 32.5. The van der Waals surface area contributed by atoms with Crippen LogP contribution in [0.25, 0.3) is 0 Å². The largest absolute Gasteiger partial charge is 0.469 e. The van der Waals surface area contributed by atoms with Crippen LogP contribution in [0, 0.1) is 0 Å². The van der Waals surface area contributed by atoms with E-state index >= 15 is 0 Å². The van der Waals surface area contributed by atoms with E-state index in [1.54, 1.807) is 0 Å². The average Bonchev–Trinajstić information content (AvgIpc) is 2.70. The molecule has 1 aliphatic rings. The zero-order chi connectivity index (χ0) is 13.8. The molecule has 0 spiro atoms. The maximum Gasteiger partial charge on any atom is 0.306 e. The highest BCUT2D eigenvalue weighted by atomic mass is 32.2. The van der Waals surface area contributed by atoms with Crippen molar-refractivity contribution in [3.8, 4) is 0 Å². The molecule has 7 heteroatoms. The number of carbonyl (C=O) groups is 1. The minimum Gasteiger partial charge on any atom is -0.469 e. The van der Waals surface area contributed by atoms with Crippen molar-refractivity contribution in [3.63, 3.8) is 0 Å². The Kier molecular flexibility index (Phi) is 5.12. The third-order valence-corrected chi connectivity index (χ3v) is 5.11. The van der Waals surface area contributed by atoms with E-state index in [-0.39, 0.29) is 18.5 Å². The number of esters is 1. The lowest BCUT2D eigenvalue weighted by Crippen LogP contribution is -2.49. The molecule has 0 bridgehead atoms. The van der Waals surface area contributed by atoms with Gasteiger partial charge in [-0.2, -0.15) is 17.4 Å². The van der Waals surface area contributed by atoms with E-state index in [4.69, 9.17) is 0 Å². The van der Waals surface area contributed by atoms with E-state index in [2.05, 4.69) is 9.46 Å². The molecular weight excluding hydrogens is 256 g/mol. The Labute approximate surface area is 109 Å². The van der Waals surface area contributed by atoms with Gasteiger partial charge in [0.1, 0.15) is 0 Å². The summed E-state index contributed by atoms with van der Waals surface area (Å²) in [6, 6.07) is 0. The molecule has 1 aliphatic carbocycles. The zero-order valence-corrected chi connectivity index (χ0v) is 12.0. The lowest BCUT2D eigenvalue weighted by atomic mass is 10.0. The Balaban J connectivity index is 2.54. The van der Waals surface area contributed by atoms with Gasteiger partial charge in [0, 0.05) is 19.1 Å². The van der Waals surface area contributed by atoms with E-state index in [9.17, 15) is 13.2 Å². The summed E-state index contributed by atoms with van der Waals surface area (Å²) in [6.45, 7) is 2.05. The van der Waals surface area contributed by atoms with Gasteiger partial charge in [-0.15, -0.1) is 0 Å². The zero-order valence-electron chi connectivity index (χ0n) is 11.2. The number of nitrogens with zero attached hydrogens (tertiary/aromatic N) is 1. The predicted octanol–water partition coefficient (Wildman–Crippen LogP) is 0.648. The predicted molar refractivity (Wildman–Crippen MR) is 68.2 cm³/mol. The third-order valence-electron chi connectivity index (χ3n) is 3.35. The normalized spacial score (nSPS) is 19.1. The molecular formula is C11H22N2O4S. The highest BCUT2D eigenvalue weighted by Crippen LogP contribution is 2.29. The van der Waals surface area contributed by atoms with Crippen molar-refractivity contribution in [2.45, 2.75) is 44.6 Å². The molecule has 1 N–H and O–H groups in total.